The highest BCUT2D eigenvalue weighted by atomic mass is 32.1. The van der Waals surface area contributed by atoms with Gasteiger partial charge in [-0.05, 0) is 30.7 Å². The molecule has 0 aromatic heterocycles. The molecule has 0 aliphatic carbocycles. The third-order valence-electron chi connectivity index (χ3n) is 3.09. The molecule has 0 spiro atoms. The number of carbonyl (C=O) groups is 2. The first kappa shape index (κ1) is 13.0. The van der Waals surface area contributed by atoms with Crippen LogP contribution < -0.4 is 5.32 Å². The molecule has 96 valence electrons. The Morgan fingerprint density at radius 2 is 2.06 bits per heavy atom. The van der Waals surface area contributed by atoms with E-state index >= 15 is 0 Å². The van der Waals surface area contributed by atoms with Crippen LogP contribution in [0.5, 0.6) is 0 Å². The van der Waals surface area contributed by atoms with E-state index in [2.05, 4.69) is 17.9 Å². The van der Waals surface area contributed by atoms with E-state index in [1.54, 1.807) is 36.2 Å². The third kappa shape index (κ3) is 3.04. The quantitative estimate of drug-likeness (QED) is 0.792. The lowest BCUT2D eigenvalue weighted by atomic mass is 10.1. The molecule has 1 saturated heterocycles. The molecule has 1 unspecified atom stereocenters. The number of rotatable bonds is 2. The number of nitrogens with zero attached hydrogens (tertiary/aromatic N) is 1. The van der Waals surface area contributed by atoms with Crippen LogP contribution in [0.3, 0.4) is 0 Å². The maximum absolute atomic E-state index is 12.0. The highest BCUT2D eigenvalue weighted by Crippen LogP contribution is 2.12. The molecule has 18 heavy (non-hydrogen) atoms. The molecule has 1 aliphatic rings. The van der Waals surface area contributed by atoms with E-state index in [4.69, 9.17) is 0 Å². The van der Waals surface area contributed by atoms with Gasteiger partial charge in [0.15, 0.2) is 0 Å². The van der Waals surface area contributed by atoms with Crippen LogP contribution in [0.25, 0.3) is 0 Å². The Morgan fingerprint density at radius 1 is 1.39 bits per heavy atom. The van der Waals surface area contributed by atoms with Gasteiger partial charge in [-0.1, -0.05) is 0 Å². The van der Waals surface area contributed by atoms with Gasteiger partial charge >= 0.3 is 0 Å². The van der Waals surface area contributed by atoms with Crippen LogP contribution in [0.2, 0.25) is 0 Å². The average Bonchev–Trinajstić information content (AvgIpc) is 2.34. The largest absolute Gasteiger partial charge is 0.348 e. The molecule has 1 heterocycles. The van der Waals surface area contributed by atoms with Crippen molar-refractivity contribution in [1.82, 2.24) is 10.2 Å². The molecule has 1 atom stereocenters. The molecule has 1 aliphatic heterocycles. The monoisotopic (exact) mass is 264 g/mol. The zero-order valence-corrected chi connectivity index (χ0v) is 11.1. The van der Waals surface area contributed by atoms with Gasteiger partial charge in [-0.15, -0.1) is 12.6 Å². The topological polar surface area (TPSA) is 49.4 Å². The molecule has 1 aromatic rings. The number of amides is 2. The van der Waals surface area contributed by atoms with Gasteiger partial charge in [0.1, 0.15) is 0 Å². The van der Waals surface area contributed by atoms with Crippen LogP contribution in [-0.2, 0) is 4.79 Å². The number of piperidine rings is 1. The van der Waals surface area contributed by atoms with Gasteiger partial charge in [-0.3, -0.25) is 9.59 Å². The van der Waals surface area contributed by atoms with Crippen molar-refractivity contribution in [2.75, 3.05) is 13.6 Å². The number of benzene rings is 1. The van der Waals surface area contributed by atoms with Crippen molar-refractivity contribution in [2.24, 2.45) is 0 Å². The normalized spacial score (nSPS) is 19.8. The van der Waals surface area contributed by atoms with Crippen LogP contribution in [0.4, 0.5) is 0 Å². The summed E-state index contributed by atoms with van der Waals surface area (Å²) in [5, 5.41) is 2.95. The standard InChI is InChI=1S/C13H16N2O2S/c1-15-8-10(4-7-12(15)16)14-13(17)9-2-5-11(18)6-3-9/h2-3,5-6,10,18H,4,7-8H2,1H3,(H,14,17). The summed E-state index contributed by atoms with van der Waals surface area (Å²) in [6, 6.07) is 7.10. The maximum Gasteiger partial charge on any atom is 0.251 e. The number of carbonyl (C=O) groups excluding carboxylic acids is 2. The molecular formula is C13H16N2O2S. The number of hydrogen-bond acceptors (Lipinski definition) is 3. The molecule has 0 bridgehead atoms. The minimum absolute atomic E-state index is 0.0379. The second-order valence-corrected chi connectivity index (χ2v) is 5.05. The molecule has 4 nitrogen and oxygen atoms in total. The number of thiol groups is 1. The van der Waals surface area contributed by atoms with Gasteiger partial charge in [0.25, 0.3) is 5.91 Å². The zero-order valence-electron chi connectivity index (χ0n) is 10.2. The van der Waals surface area contributed by atoms with Crippen LogP contribution in [0, 0.1) is 0 Å². The predicted molar refractivity (Wildman–Crippen MR) is 71.8 cm³/mol. The fourth-order valence-electron chi connectivity index (χ4n) is 2.01. The lowest BCUT2D eigenvalue weighted by Gasteiger charge is -2.30. The fraction of sp³-hybridized carbons (Fsp3) is 0.385. The Bertz CT molecular complexity index is 459. The summed E-state index contributed by atoms with van der Waals surface area (Å²) in [6.07, 6.45) is 1.20. The van der Waals surface area contributed by atoms with Gasteiger partial charge < -0.3 is 10.2 Å². The van der Waals surface area contributed by atoms with Crippen molar-refractivity contribution in [2.45, 2.75) is 23.8 Å². The predicted octanol–water partition coefficient (Wildman–Crippen LogP) is 1.33. The van der Waals surface area contributed by atoms with E-state index in [0.29, 0.717) is 24.9 Å². The Balaban J connectivity index is 1.95. The molecule has 2 rings (SSSR count). The Morgan fingerprint density at radius 3 is 2.67 bits per heavy atom. The van der Waals surface area contributed by atoms with Crippen molar-refractivity contribution in [3.63, 3.8) is 0 Å². The first-order chi connectivity index (χ1) is 8.56. The average molecular weight is 264 g/mol. The summed E-state index contributed by atoms with van der Waals surface area (Å²) in [7, 11) is 1.76. The highest BCUT2D eigenvalue weighted by molar-refractivity contribution is 7.80. The summed E-state index contributed by atoms with van der Waals surface area (Å²) in [5.41, 5.74) is 0.618. The van der Waals surface area contributed by atoms with Crippen molar-refractivity contribution >= 4 is 24.4 Å². The molecule has 1 aromatic carbocycles. The van der Waals surface area contributed by atoms with Crippen LogP contribution in [0.1, 0.15) is 23.2 Å². The Hall–Kier alpha value is -1.49. The smallest absolute Gasteiger partial charge is 0.251 e. The molecule has 0 saturated carbocycles. The van der Waals surface area contributed by atoms with E-state index in [1.807, 2.05) is 0 Å². The van der Waals surface area contributed by atoms with Gasteiger partial charge in [-0.25, -0.2) is 0 Å². The second kappa shape index (κ2) is 5.44. The first-order valence-corrected chi connectivity index (χ1v) is 6.35. The number of nitrogens with one attached hydrogen (secondary N) is 1. The lowest BCUT2D eigenvalue weighted by Crippen LogP contribution is -2.48. The fourth-order valence-corrected chi connectivity index (χ4v) is 2.16. The number of likely N-dealkylation sites (N-methyl/N-ethyl adjacent to an activating group) is 1. The molecule has 5 heteroatoms. The van der Waals surface area contributed by atoms with E-state index < -0.39 is 0 Å². The molecule has 1 fully saturated rings. The van der Waals surface area contributed by atoms with Crippen molar-refractivity contribution < 1.29 is 9.59 Å². The van der Waals surface area contributed by atoms with Crippen molar-refractivity contribution in [1.29, 1.82) is 0 Å². The SMILES string of the molecule is CN1CC(NC(=O)c2ccc(S)cc2)CCC1=O. The van der Waals surface area contributed by atoms with Crippen LogP contribution in [-0.4, -0.2) is 36.3 Å². The van der Waals surface area contributed by atoms with Crippen molar-refractivity contribution in [3.8, 4) is 0 Å². The first-order valence-electron chi connectivity index (χ1n) is 5.90. The number of hydrogen-bond donors (Lipinski definition) is 2. The zero-order chi connectivity index (χ0) is 13.1. The summed E-state index contributed by atoms with van der Waals surface area (Å²) in [6.45, 7) is 0.579. The molecule has 1 N–H and O–H groups in total. The molecule has 0 radical (unpaired) electrons. The summed E-state index contributed by atoms with van der Waals surface area (Å²) in [5.74, 6) is 0.0380. The van der Waals surface area contributed by atoms with Crippen LogP contribution in [0.15, 0.2) is 29.2 Å². The Labute approximate surface area is 112 Å². The second-order valence-electron chi connectivity index (χ2n) is 4.53. The minimum atomic E-state index is -0.101. The summed E-state index contributed by atoms with van der Waals surface area (Å²) in [4.78, 5) is 25.8. The summed E-state index contributed by atoms with van der Waals surface area (Å²) >= 11 is 4.18. The molecule has 2 amide bonds. The highest BCUT2D eigenvalue weighted by Gasteiger charge is 2.24. The van der Waals surface area contributed by atoms with Gasteiger partial charge in [0.05, 0.1) is 0 Å². The van der Waals surface area contributed by atoms with E-state index in [1.165, 1.54) is 0 Å². The Kier molecular flexibility index (Phi) is 3.91. The van der Waals surface area contributed by atoms with Gasteiger partial charge in [-0.2, -0.15) is 0 Å². The van der Waals surface area contributed by atoms with Gasteiger partial charge in [0.2, 0.25) is 5.91 Å². The van der Waals surface area contributed by atoms with E-state index in [9.17, 15) is 9.59 Å². The summed E-state index contributed by atoms with van der Waals surface area (Å²) < 4.78 is 0. The minimum Gasteiger partial charge on any atom is -0.348 e. The lowest BCUT2D eigenvalue weighted by molar-refractivity contribution is -0.132. The molecular weight excluding hydrogens is 248 g/mol. The van der Waals surface area contributed by atoms with Crippen molar-refractivity contribution in [3.05, 3.63) is 29.8 Å². The third-order valence-corrected chi connectivity index (χ3v) is 3.39. The van der Waals surface area contributed by atoms with Gasteiger partial charge in [0, 0.05) is 36.5 Å². The maximum atomic E-state index is 12.0. The van der Waals surface area contributed by atoms with Crippen LogP contribution >= 0.6 is 12.6 Å². The number of likely N-dealkylation sites (tertiary alicyclic amines) is 1. The van der Waals surface area contributed by atoms with E-state index in [0.717, 1.165) is 4.90 Å². The van der Waals surface area contributed by atoms with E-state index in [-0.39, 0.29) is 17.9 Å².